The molecule has 0 bridgehead atoms. The lowest BCUT2D eigenvalue weighted by molar-refractivity contribution is -0.120. The molecule has 2 rings (SSSR count). The molecule has 160 valence electrons. The van der Waals surface area contributed by atoms with Gasteiger partial charge in [0.1, 0.15) is 21.1 Å². The van der Waals surface area contributed by atoms with Gasteiger partial charge in [0.05, 0.1) is 25.7 Å². The second kappa shape index (κ2) is 12.2. The van der Waals surface area contributed by atoms with E-state index in [9.17, 15) is 9.59 Å². The van der Waals surface area contributed by atoms with Gasteiger partial charge in [0.25, 0.3) is 0 Å². The lowest BCUT2D eigenvalue weighted by Gasteiger charge is -2.05. The molecule has 2 aromatic rings. The van der Waals surface area contributed by atoms with E-state index in [0.29, 0.717) is 16.6 Å². The van der Waals surface area contributed by atoms with Crippen molar-refractivity contribution in [3.63, 3.8) is 0 Å². The van der Waals surface area contributed by atoms with Crippen LogP contribution in [0.2, 0.25) is 0 Å². The Balaban J connectivity index is 1.65. The lowest BCUT2D eigenvalue weighted by Crippen LogP contribution is -2.38. The third kappa shape index (κ3) is 8.00. The Morgan fingerprint density at radius 2 is 1.52 bits per heavy atom. The van der Waals surface area contributed by atoms with E-state index in [1.54, 1.807) is 11.8 Å². The Bertz CT molecular complexity index is 736. The fourth-order valence-corrected chi connectivity index (χ4v) is 4.68. The number of nitrogens with one attached hydrogen (secondary N) is 1. The fraction of sp³-hybridized carbons (Fsp3) is 0.600. The minimum absolute atomic E-state index is 0.0890. The quantitative estimate of drug-likeness (QED) is 0.220. The Morgan fingerprint density at radius 1 is 0.931 bits per heavy atom. The molecule has 29 heavy (non-hydrogen) atoms. The minimum atomic E-state index is -0.983. The third-order valence-corrected chi connectivity index (χ3v) is 6.46. The second-order valence-corrected chi connectivity index (χ2v) is 9.35. The molecule has 11 nitrogen and oxygen atoms in total. The van der Waals surface area contributed by atoms with Crippen LogP contribution in [0.5, 0.6) is 0 Å². The van der Waals surface area contributed by atoms with Crippen molar-refractivity contribution < 1.29 is 19.8 Å². The lowest BCUT2D eigenvalue weighted by atomic mass is 10.1. The van der Waals surface area contributed by atoms with Crippen molar-refractivity contribution in [2.75, 3.05) is 30.0 Å². The highest BCUT2D eigenvalue weighted by Crippen LogP contribution is 2.18. The van der Waals surface area contributed by atoms with Gasteiger partial charge in [-0.1, -0.05) is 11.3 Å². The molecule has 2 heterocycles. The van der Waals surface area contributed by atoms with E-state index in [0.717, 1.165) is 27.9 Å². The van der Waals surface area contributed by atoms with Gasteiger partial charge in [0.2, 0.25) is 11.0 Å². The van der Waals surface area contributed by atoms with Crippen molar-refractivity contribution in [1.29, 1.82) is 0 Å². The number of nitrogens with zero attached hydrogens (tertiary/aromatic N) is 4. The largest absolute Gasteiger partial charge is 0.394 e. The molecule has 0 aromatic carbocycles. The van der Waals surface area contributed by atoms with Crippen LogP contribution < -0.4 is 16.8 Å². The molecule has 0 fully saturated rings. The summed E-state index contributed by atoms with van der Waals surface area (Å²) >= 11 is 4.37. The molecule has 0 aliphatic carbocycles. The summed E-state index contributed by atoms with van der Waals surface area (Å²) in [5.41, 5.74) is 10.9. The average Bonchev–Trinajstić information content (AvgIpc) is 3.35. The fourth-order valence-electron chi connectivity index (χ4n) is 1.95. The van der Waals surface area contributed by atoms with Crippen molar-refractivity contribution in [3.05, 3.63) is 15.0 Å². The highest BCUT2D eigenvalue weighted by molar-refractivity contribution is 7.99. The summed E-state index contributed by atoms with van der Waals surface area (Å²) in [6.07, 6.45) is 1.53. The maximum Gasteiger partial charge on any atom is 0.245 e. The van der Waals surface area contributed by atoms with Gasteiger partial charge in [0, 0.05) is 12.8 Å². The molecule has 2 aromatic heterocycles. The van der Waals surface area contributed by atoms with Crippen LogP contribution >= 0.6 is 34.4 Å². The van der Waals surface area contributed by atoms with Gasteiger partial charge >= 0.3 is 0 Å². The molecule has 0 radical (unpaired) electrons. The number of nitrogens with two attached hydrogens (primary N) is 2. The molecule has 0 aliphatic heterocycles. The smallest absolute Gasteiger partial charge is 0.245 e. The van der Waals surface area contributed by atoms with Crippen molar-refractivity contribution in [2.45, 2.75) is 31.3 Å². The molecular formula is C15H23N7O4S3. The van der Waals surface area contributed by atoms with Crippen LogP contribution in [0, 0.1) is 0 Å². The molecular weight excluding hydrogens is 438 g/mol. The van der Waals surface area contributed by atoms with Gasteiger partial charge in [-0.15, -0.1) is 31.7 Å². The van der Waals surface area contributed by atoms with E-state index in [1.165, 1.54) is 22.7 Å². The standard InChI is InChI=1S/C15H23N7O4S3/c16-8(6-23)10(25)5-13-21-19-11(28-13)1-3-27-4-2-12-20-22-15(29-12)18-14(26)9(17)7-24/h8-9,23-24H,1-7,16-17H2,(H,18,22,26)/t8-,9-/m0/s1. The van der Waals surface area contributed by atoms with E-state index < -0.39 is 24.6 Å². The van der Waals surface area contributed by atoms with Gasteiger partial charge in [0.15, 0.2) is 5.78 Å². The van der Waals surface area contributed by atoms with E-state index in [4.69, 9.17) is 21.7 Å². The Morgan fingerprint density at radius 3 is 2.17 bits per heavy atom. The molecule has 1 amide bonds. The van der Waals surface area contributed by atoms with E-state index >= 15 is 0 Å². The first-order valence-corrected chi connectivity index (χ1v) is 11.5. The maximum atomic E-state index is 11.7. The predicted octanol–water partition coefficient (Wildman–Crippen LogP) is -1.40. The van der Waals surface area contributed by atoms with Crippen molar-refractivity contribution in [2.24, 2.45) is 11.5 Å². The van der Waals surface area contributed by atoms with Crippen LogP contribution in [0.25, 0.3) is 0 Å². The van der Waals surface area contributed by atoms with Crippen molar-refractivity contribution in [1.82, 2.24) is 20.4 Å². The van der Waals surface area contributed by atoms with Crippen LogP contribution in [0.3, 0.4) is 0 Å². The summed E-state index contributed by atoms with van der Waals surface area (Å²) in [4.78, 5) is 23.3. The molecule has 0 spiro atoms. The molecule has 7 N–H and O–H groups in total. The average molecular weight is 462 g/mol. The number of ketones is 1. The second-order valence-electron chi connectivity index (χ2n) is 5.91. The summed E-state index contributed by atoms with van der Waals surface area (Å²) in [7, 11) is 0. The Kier molecular flexibility index (Phi) is 9.99. The number of aliphatic hydroxyl groups excluding tert-OH is 2. The topological polar surface area (TPSA) is 190 Å². The van der Waals surface area contributed by atoms with Gasteiger partial charge in [-0.2, -0.15) is 11.8 Å². The first-order valence-electron chi connectivity index (χ1n) is 8.70. The third-order valence-electron chi connectivity index (χ3n) is 3.60. The van der Waals surface area contributed by atoms with Crippen LogP contribution in [-0.4, -0.2) is 79.1 Å². The number of aliphatic hydroxyl groups is 2. The molecule has 2 atom stereocenters. The number of anilines is 1. The summed E-state index contributed by atoms with van der Waals surface area (Å²) in [5.74, 6) is 0.914. The summed E-state index contributed by atoms with van der Waals surface area (Å²) in [5, 5.41) is 38.8. The normalized spacial score (nSPS) is 13.2. The number of hydrogen-bond donors (Lipinski definition) is 5. The number of hydrogen-bond acceptors (Lipinski definition) is 13. The minimum Gasteiger partial charge on any atom is -0.394 e. The summed E-state index contributed by atoms with van der Waals surface area (Å²) in [6.45, 7) is -0.809. The number of carbonyl (C=O) groups is 2. The predicted molar refractivity (Wildman–Crippen MR) is 112 cm³/mol. The van der Waals surface area contributed by atoms with Crippen LogP contribution in [0.4, 0.5) is 5.13 Å². The Hall–Kier alpha value is -1.55. The summed E-state index contributed by atoms with van der Waals surface area (Å²) < 4.78 is 0. The van der Waals surface area contributed by atoms with E-state index in [1.807, 2.05) is 0 Å². The van der Waals surface area contributed by atoms with Crippen molar-refractivity contribution >= 4 is 51.3 Å². The highest BCUT2D eigenvalue weighted by atomic mass is 32.2. The van der Waals surface area contributed by atoms with Gasteiger partial charge in [-0.3, -0.25) is 14.9 Å². The number of aryl methyl sites for hydroxylation is 2. The Labute approximate surface area is 179 Å². The number of amides is 1. The molecule has 0 aliphatic rings. The van der Waals surface area contributed by atoms with Crippen molar-refractivity contribution in [3.8, 4) is 0 Å². The zero-order valence-electron chi connectivity index (χ0n) is 15.5. The zero-order chi connectivity index (χ0) is 21.2. The number of carbonyl (C=O) groups excluding carboxylic acids is 2. The first kappa shape index (κ1) is 23.7. The number of rotatable bonds is 13. The molecule has 14 heteroatoms. The molecule has 0 unspecified atom stereocenters. The van der Waals surface area contributed by atoms with Gasteiger partial charge in [-0.05, 0) is 11.5 Å². The van der Waals surface area contributed by atoms with Gasteiger partial charge < -0.3 is 21.7 Å². The first-order chi connectivity index (χ1) is 13.9. The monoisotopic (exact) mass is 461 g/mol. The van der Waals surface area contributed by atoms with Crippen LogP contribution in [0.15, 0.2) is 0 Å². The molecule has 0 saturated heterocycles. The maximum absolute atomic E-state index is 11.7. The van der Waals surface area contributed by atoms with E-state index in [-0.39, 0.29) is 18.8 Å². The van der Waals surface area contributed by atoms with Crippen LogP contribution in [-0.2, 0) is 28.9 Å². The van der Waals surface area contributed by atoms with E-state index in [2.05, 4.69) is 25.7 Å². The van der Waals surface area contributed by atoms with Gasteiger partial charge in [-0.25, -0.2) is 0 Å². The number of aromatic nitrogens is 4. The zero-order valence-corrected chi connectivity index (χ0v) is 17.9. The number of thioether (sulfide) groups is 1. The highest BCUT2D eigenvalue weighted by Gasteiger charge is 2.16. The molecule has 0 saturated carbocycles. The summed E-state index contributed by atoms with van der Waals surface area (Å²) in [6, 6.07) is -1.86. The SMILES string of the molecule is N[C@@H](CO)C(=O)Cc1nnc(CCSCCc2nnc(NC(=O)[C@@H](N)CO)s2)s1. The number of Topliss-reactive ketones (excluding diaryl/α,β-unsaturated/α-hetero) is 1. The van der Waals surface area contributed by atoms with Crippen LogP contribution in [0.1, 0.15) is 15.0 Å².